The second-order valence-corrected chi connectivity index (χ2v) is 13.6. The van der Waals surface area contributed by atoms with Crippen molar-refractivity contribution in [2.24, 2.45) is 17.1 Å². The molecule has 0 spiro atoms. The molecule has 0 aromatic carbocycles. The summed E-state index contributed by atoms with van der Waals surface area (Å²) in [5.74, 6) is -1.34. The Labute approximate surface area is 268 Å². The highest BCUT2D eigenvalue weighted by atomic mass is 16.6. The van der Waals surface area contributed by atoms with Crippen LogP contribution < -0.4 is 11.1 Å². The molecule has 2 fully saturated rings. The smallest absolute Gasteiger partial charge is 0.323 e. The Morgan fingerprint density at radius 2 is 1.91 bits per heavy atom. The molecule has 4 rings (SSSR count). The molecule has 14 nitrogen and oxygen atoms in total. The zero-order valence-corrected chi connectivity index (χ0v) is 27.4. The van der Waals surface area contributed by atoms with Gasteiger partial charge in [-0.15, -0.1) is 0 Å². The Morgan fingerprint density at radius 1 is 1.22 bits per heavy atom. The maximum absolute atomic E-state index is 13.1. The second kappa shape index (κ2) is 14.0. The first-order valence-corrected chi connectivity index (χ1v) is 15.8. The van der Waals surface area contributed by atoms with Crippen molar-refractivity contribution in [3.05, 3.63) is 24.2 Å². The van der Waals surface area contributed by atoms with E-state index in [1.54, 1.807) is 47.6 Å². The van der Waals surface area contributed by atoms with Gasteiger partial charge >= 0.3 is 11.9 Å². The lowest BCUT2D eigenvalue weighted by Crippen LogP contribution is -2.49. The first-order chi connectivity index (χ1) is 21.6. The van der Waals surface area contributed by atoms with Crippen LogP contribution in [0, 0.1) is 22.7 Å². The van der Waals surface area contributed by atoms with Crippen LogP contribution in [-0.2, 0) is 38.9 Å². The fourth-order valence-electron chi connectivity index (χ4n) is 5.86. The number of hydrogen-bond acceptors (Lipinski definition) is 12. The molecule has 1 aliphatic heterocycles. The van der Waals surface area contributed by atoms with Crippen molar-refractivity contribution in [2.45, 2.75) is 116 Å². The highest BCUT2D eigenvalue weighted by Crippen LogP contribution is 2.42. The summed E-state index contributed by atoms with van der Waals surface area (Å²) in [6.45, 7) is 10.3. The fraction of sp³-hybridized carbons (Fsp3) is 0.688. The molecule has 3 heterocycles. The third-order valence-electron chi connectivity index (χ3n) is 8.74. The van der Waals surface area contributed by atoms with E-state index in [0.29, 0.717) is 12.1 Å². The molecule has 5 atom stereocenters. The molecule has 1 aliphatic carbocycles. The van der Waals surface area contributed by atoms with Crippen LogP contribution >= 0.6 is 0 Å². The summed E-state index contributed by atoms with van der Waals surface area (Å²) in [5, 5.41) is 29.2. The lowest BCUT2D eigenvalue weighted by Gasteiger charge is -2.29. The molecule has 252 valence electrons. The summed E-state index contributed by atoms with van der Waals surface area (Å²) >= 11 is 0. The largest absolute Gasteiger partial charge is 0.463 e. The molecule has 2 aromatic rings. The number of hydrogen-bond donors (Lipinski definition) is 3. The van der Waals surface area contributed by atoms with Crippen molar-refractivity contribution in [3.8, 4) is 6.07 Å². The van der Waals surface area contributed by atoms with Crippen molar-refractivity contribution in [2.75, 3.05) is 18.5 Å². The van der Waals surface area contributed by atoms with Crippen LogP contribution in [0.1, 0.15) is 85.8 Å². The highest BCUT2D eigenvalue weighted by Gasteiger charge is 2.60. The molecule has 2 aliphatic rings. The summed E-state index contributed by atoms with van der Waals surface area (Å²) in [6, 6.07) is 4.04. The molecule has 0 radical (unpaired) electrons. The Morgan fingerprint density at radius 3 is 2.54 bits per heavy atom. The van der Waals surface area contributed by atoms with Gasteiger partial charge in [0.1, 0.15) is 48.4 Å². The van der Waals surface area contributed by atoms with Gasteiger partial charge in [0.15, 0.2) is 11.9 Å². The third kappa shape index (κ3) is 7.33. The number of nitrogens with zero attached hydrogens (tertiary/aromatic N) is 4. The maximum atomic E-state index is 13.1. The van der Waals surface area contributed by atoms with E-state index in [2.05, 4.69) is 15.4 Å². The fourth-order valence-corrected chi connectivity index (χ4v) is 5.86. The Kier molecular flexibility index (Phi) is 10.7. The van der Waals surface area contributed by atoms with Crippen molar-refractivity contribution in [1.29, 1.82) is 5.26 Å². The number of anilines is 1. The second-order valence-electron chi connectivity index (χ2n) is 13.6. The standard InChI is InChI=1S/C32H46N6O8/c1-7-44-31(5,6)29(42)37-27-20-13-14-22(38(20)36-18-35-27)32(17-33)26(40)24(45-28(41)25(34)30(2,3)4)21(46-32)16-43-23(39)15-19-11-9-8-10-12-19/h13-14,18-19,21,24-26,40H,7-12,15-16,34H2,1-6H3,(H,35,36,37,42)/t21-,24-,25+,26-,32+/m1/s1. The van der Waals surface area contributed by atoms with Crippen LogP contribution in [0.25, 0.3) is 5.52 Å². The zero-order valence-electron chi connectivity index (χ0n) is 27.4. The van der Waals surface area contributed by atoms with Gasteiger partial charge < -0.3 is 35.1 Å². The van der Waals surface area contributed by atoms with Crippen LogP contribution in [0.3, 0.4) is 0 Å². The normalized spacial score (nSPS) is 24.7. The van der Waals surface area contributed by atoms with Gasteiger partial charge in [-0.05, 0) is 57.1 Å². The number of carbonyl (C=O) groups is 3. The molecule has 0 bridgehead atoms. The Balaban J connectivity index is 1.65. The van der Waals surface area contributed by atoms with Crippen molar-refractivity contribution < 1.29 is 38.4 Å². The average Bonchev–Trinajstić information content (AvgIpc) is 3.56. The first kappa shape index (κ1) is 35.2. The van der Waals surface area contributed by atoms with Gasteiger partial charge in [-0.25, -0.2) is 9.50 Å². The van der Waals surface area contributed by atoms with Gasteiger partial charge in [0.05, 0.1) is 5.69 Å². The molecule has 2 aromatic heterocycles. The van der Waals surface area contributed by atoms with Gasteiger partial charge in [-0.3, -0.25) is 14.4 Å². The van der Waals surface area contributed by atoms with E-state index in [-0.39, 0.29) is 30.5 Å². The van der Waals surface area contributed by atoms with E-state index in [9.17, 15) is 24.8 Å². The van der Waals surface area contributed by atoms with Crippen LogP contribution in [0.4, 0.5) is 5.82 Å². The molecule has 1 amide bonds. The lowest BCUT2D eigenvalue weighted by molar-refractivity contribution is -0.163. The summed E-state index contributed by atoms with van der Waals surface area (Å²) in [5.41, 5.74) is 2.59. The summed E-state index contributed by atoms with van der Waals surface area (Å²) in [4.78, 5) is 43.1. The number of aliphatic hydroxyl groups excluding tert-OH is 1. The van der Waals surface area contributed by atoms with Crippen LogP contribution in [0.5, 0.6) is 0 Å². The highest BCUT2D eigenvalue weighted by molar-refractivity contribution is 5.98. The molecule has 0 unspecified atom stereocenters. The Bertz CT molecular complexity index is 1460. The summed E-state index contributed by atoms with van der Waals surface area (Å²) < 4.78 is 24.3. The predicted molar refractivity (Wildman–Crippen MR) is 165 cm³/mol. The number of carbonyl (C=O) groups excluding carboxylic acids is 3. The number of nitrogens with one attached hydrogen (secondary N) is 1. The van der Waals surface area contributed by atoms with Gasteiger partial charge in [0, 0.05) is 13.0 Å². The molecule has 1 saturated carbocycles. The van der Waals surface area contributed by atoms with Gasteiger partial charge in [-0.1, -0.05) is 40.0 Å². The summed E-state index contributed by atoms with van der Waals surface area (Å²) in [6.07, 6.45) is 2.24. The summed E-state index contributed by atoms with van der Waals surface area (Å²) in [7, 11) is 0. The topological polar surface area (TPSA) is 200 Å². The quantitative estimate of drug-likeness (QED) is 0.303. The maximum Gasteiger partial charge on any atom is 0.323 e. The number of aromatic nitrogens is 3. The first-order valence-electron chi connectivity index (χ1n) is 15.8. The minimum atomic E-state index is -2.12. The van der Waals surface area contributed by atoms with Crippen LogP contribution in [0.15, 0.2) is 18.5 Å². The van der Waals surface area contributed by atoms with Crippen LogP contribution in [-0.4, -0.2) is 80.7 Å². The van der Waals surface area contributed by atoms with Crippen molar-refractivity contribution in [3.63, 3.8) is 0 Å². The zero-order chi connectivity index (χ0) is 33.9. The minimum absolute atomic E-state index is 0.0802. The van der Waals surface area contributed by atoms with Gasteiger partial charge in [0.2, 0.25) is 5.60 Å². The van der Waals surface area contributed by atoms with E-state index < -0.39 is 58.8 Å². The monoisotopic (exact) mass is 642 g/mol. The average molecular weight is 643 g/mol. The minimum Gasteiger partial charge on any atom is -0.463 e. The molecule has 46 heavy (non-hydrogen) atoms. The Hall–Kier alpha value is -3.64. The van der Waals surface area contributed by atoms with Crippen molar-refractivity contribution >= 4 is 29.2 Å². The third-order valence-corrected chi connectivity index (χ3v) is 8.74. The number of rotatable bonds is 11. The number of aliphatic hydroxyl groups is 1. The van der Waals surface area contributed by atoms with Gasteiger partial charge in [-0.2, -0.15) is 10.4 Å². The van der Waals surface area contributed by atoms with Crippen molar-refractivity contribution in [1.82, 2.24) is 14.6 Å². The van der Waals surface area contributed by atoms with Crippen LogP contribution in [0.2, 0.25) is 0 Å². The van der Waals surface area contributed by atoms with E-state index in [1.807, 2.05) is 6.07 Å². The molecular weight excluding hydrogens is 596 g/mol. The lowest BCUT2D eigenvalue weighted by atomic mass is 9.87. The molecule has 14 heteroatoms. The number of ether oxygens (including phenoxy) is 4. The number of amides is 1. The number of nitriles is 1. The molecule has 1 saturated heterocycles. The SMILES string of the molecule is CCOC(C)(C)C(=O)Nc1ncnn2c([C@]3(C#N)O[C@H](COC(=O)CC4CCCCC4)[C@@H](OC(=O)[C@H](N)C(C)(C)C)[C@H]3O)ccc12. The number of fused-ring (bicyclic) bond motifs is 1. The molecule has 4 N–H and O–H groups in total. The van der Waals surface area contributed by atoms with E-state index in [4.69, 9.17) is 24.7 Å². The van der Waals surface area contributed by atoms with E-state index >= 15 is 0 Å². The van der Waals surface area contributed by atoms with E-state index in [1.165, 1.54) is 16.9 Å². The number of nitrogens with two attached hydrogens (primary N) is 1. The molecular formula is C32H46N6O8. The van der Waals surface area contributed by atoms with Gasteiger partial charge in [0.25, 0.3) is 5.91 Å². The predicted octanol–water partition coefficient (Wildman–Crippen LogP) is 2.76. The number of esters is 2. The van der Waals surface area contributed by atoms with E-state index in [0.717, 1.165) is 32.1 Å².